The Morgan fingerprint density at radius 1 is 1.41 bits per heavy atom. The number of carbonyl (C=O) groups excluding carboxylic acids is 1. The molecule has 0 bridgehead atoms. The van der Waals surface area contributed by atoms with Gasteiger partial charge in [-0.15, -0.1) is 0 Å². The molecule has 0 aliphatic carbocycles. The number of likely N-dealkylation sites (tertiary alicyclic amines) is 1. The van der Waals surface area contributed by atoms with E-state index in [4.69, 9.17) is 10.2 Å². The summed E-state index contributed by atoms with van der Waals surface area (Å²) in [5.41, 5.74) is 6.90. The second kappa shape index (κ2) is 6.27. The number of nitrogens with zero attached hydrogens (tertiary/aromatic N) is 2. The molecule has 1 aromatic heterocycles. The predicted octanol–water partition coefficient (Wildman–Crippen LogP) is 1.83. The van der Waals surface area contributed by atoms with E-state index in [9.17, 15) is 9.18 Å². The number of carbonyl (C=O) groups is 1. The van der Waals surface area contributed by atoms with Gasteiger partial charge in [-0.2, -0.15) is 0 Å². The largest absolute Gasteiger partial charge is 0.444 e. The topological polar surface area (TPSA) is 72.4 Å². The zero-order valence-electron chi connectivity index (χ0n) is 12.2. The van der Waals surface area contributed by atoms with E-state index in [0.717, 1.165) is 19.5 Å². The molecule has 5 nitrogen and oxygen atoms in total. The van der Waals surface area contributed by atoms with Crippen LogP contribution in [0, 0.1) is 11.7 Å². The van der Waals surface area contributed by atoms with Gasteiger partial charge in [-0.05, 0) is 43.1 Å². The molecule has 0 radical (unpaired) electrons. The third kappa shape index (κ3) is 3.17. The van der Waals surface area contributed by atoms with Gasteiger partial charge < -0.3 is 15.1 Å². The Morgan fingerprint density at radius 3 is 2.86 bits per heavy atom. The molecule has 1 saturated heterocycles. The lowest BCUT2D eigenvalue weighted by Crippen LogP contribution is -2.31. The van der Waals surface area contributed by atoms with Crippen molar-refractivity contribution >= 4 is 5.91 Å². The van der Waals surface area contributed by atoms with Crippen molar-refractivity contribution in [3.63, 3.8) is 0 Å². The summed E-state index contributed by atoms with van der Waals surface area (Å²) in [6.07, 6.45) is 2.65. The van der Waals surface area contributed by atoms with Crippen molar-refractivity contribution in [1.29, 1.82) is 0 Å². The first-order valence-electron chi connectivity index (χ1n) is 7.34. The fraction of sp³-hybridized carbons (Fsp3) is 0.375. The Balaban J connectivity index is 1.64. The number of nitrogens with two attached hydrogens (primary N) is 1. The molecule has 0 spiro atoms. The number of benzene rings is 1. The van der Waals surface area contributed by atoms with E-state index in [1.165, 1.54) is 18.4 Å². The summed E-state index contributed by atoms with van der Waals surface area (Å²) in [5.74, 6) is 0.518. The van der Waals surface area contributed by atoms with E-state index < -0.39 is 0 Å². The molecule has 1 aliphatic heterocycles. The number of hydrogen-bond donors (Lipinski definition) is 1. The van der Waals surface area contributed by atoms with Gasteiger partial charge in [0.1, 0.15) is 12.1 Å². The van der Waals surface area contributed by atoms with Crippen molar-refractivity contribution in [1.82, 2.24) is 9.88 Å². The molecule has 1 fully saturated rings. The third-order valence-electron chi connectivity index (χ3n) is 3.95. The van der Waals surface area contributed by atoms with E-state index in [1.807, 2.05) is 4.90 Å². The van der Waals surface area contributed by atoms with Gasteiger partial charge in [-0.3, -0.25) is 4.79 Å². The molecular formula is C16H18FN3O2. The molecule has 1 atom stereocenters. The molecule has 2 heterocycles. The van der Waals surface area contributed by atoms with Crippen LogP contribution in [0.4, 0.5) is 4.39 Å². The lowest BCUT2D eigenvalue weighted by Gasteiger charge is -2.15. The Morgan fingerprint density at radius 2 is 2.18 bits per heavy atom. The lowest BCUT2D eigenvalue weighted by molar-refractivity contribution is -0.129. The molecule has 1 amide bonds. The summed E-state index contributed by atoms with van der Waals surface area (Å²) >= 11 is 0. The molecule has 1 aliphatic rings. The van der Waals surface area contributed by atoms with Crippen LogP contribution in [-0.4, -0.2) is 35.4 Å². The van der Waals surface area contributed by atoms with E-state index in [-0.39, 0.29) is 18.1 Å². The second-order valence-corrected chi connectivity index (χ2v) is 5.56. The monoisotopic (exact) mass is 303 g/mol. The number of hydrogen-bond acceptors (Lipinski definition) is 4. The zero-order chi connectivity index (χ0) is 15.5. The SMILES string of the molecule is NCC1CCN(C(=O)Cc2coc(-c3ccc(F)cc3)n2)C1. The molecular weight excluding hydrogens is 285 g/mol. The maximum Gasteiger partial charge on any atom is 0.228 e. The van der Waals surface area contributed by atoms with E-state index in [1.54, 1.807) is 12.1 Å². The molecule has 6 heteroatoms. The van der Waals surface area contributed by atoms with Gasteiger partial charge >= 0.3 is 0 Å². The van der Waals surface area contributed by atoms with E-state index in [0.29, 0.717) is 29.6 Å². The van der Waals surface area contributed by atoms with Gasteiger partial charge in [0.25, 0.3) is 0 Å². The van der Waals surface area contributed by atoms with Gasteiger partial charge in [-0.25, -0.2) is 9.37 Å². The summed E-state index contributed by atoms with van der Waals surface area (Å²) in [5, 5.41) is 0. The van der Waals surface area contributed by atoms with Crippen LogP contribution in [0.5, 0.6) is 0 Å². The van der Waals surface area contributed by atoms with Crippen LogP contribution in [0.1, 0.15) is 12.1 Å². The number of oxazole rings is 1. The van der Waals surface area contributed by atoms with Crippen LogP contribution < -0.4 is 5.73 Å². The highest BCUT2D eigenvalue weighted by Crippen LogP contribution is 2.20. The number of halogens is 1. The summed E-state index contributed by atoms with van der Waals surface area (Å²) in [7, 11) is 0. The standard InChI is InChI=1S/C16H18FN3O2/c17-13-3-1-12(2-4-13)16-19-14(10-22-16)7-15(21)20-6-5-11(8-18)9-20/h1-4,10-11H,5-9,18H2. The Labute approximate surface area is 127 Å². The molecule has 22 heavy (non-hydrogen) atoms. The minimum absolute atomic E-state index is 0.0370. The first-order chi connectivity index (χ1) is 10.7. The minimum Gasteiger partial charge on any atom is -0.444 e. The maximum absolute atomic E-state index is 12.9. The molecule has 0 saturated carbocycles. The van der Waals surface area contributed by atoms with Crippen LogP contribution in [0.2, 0.25) is 0 Å². The summed E-state index contributed by atoms with van der Waals surface area (Å²) < 4.78 is 18.3. The summed E-state index contributed by atoms with van der Waals surface area (Å²) in [4.78, 5) is 18.3. The van der Waals surface area contributed by atoms with Crippen LogP contribution in [0.3, 0.4) is 0 Å². The molecule has 1 unspecified atom stereocenters. The number of amides is 1. The van der Waals surface area contributed by atoms with Crippen LogP contribution >= 0.6 is 0 Å². The molecule has 2 N–H and O–H groups in total. The van der Waals surface area contributed by atoms with Gasteiger partial charge in [-0.1, -0.05) is 0 Å². The van der Waals surface area contributed by atoms with Crippen LogP contribution in [-0.2, 0) is 11.2 Å². The highest BCUT2D eigenvalue weighted by molar-refractivity contribution is 5.78. The molecule has 1 aromatic carbocycles. The third-order valence-corrected chi connectivity index (χ3v) is 3.95. The van der Waals surface area contributed by atoms with Crippen LogP contribution in [0.25, 0.3) is 11.5 Å². The van der Waals surface area contributed by atoms with Gasteiger partial charge in [0, 0.05) is 18.7 Å². The van der Waals surface area contributed by atoms with Crippen molar-refractivity contribution in [3.05, 3.63) is 42.0 Å². The quantitative estimate of drug-likeness (QED) is 0.935. The normalized spacial score (nSPS) is 17.9. The summed E-state index contributed by atoms with van der Waals surface area (Å²) in [6.45, 7) is 2.09. The summed E-state index contributed by atoms with van der Waals surface area (Å²) in [6, 6.07) is 5.89. The first kappa shape index (κ1) is 14.7. The fourth-order valence-corrected chi connectivity index (χ4v) is 2.63. The van der Waals surface area contributed by atoms with Crippen molar-refractivity contribution in [2.45, 2.75) is 12.8 Å². The van der Waals surface area contributed by atoms with E-state index >= 15 is 0 Å². The first-order valence-corrected chi connectivity index (χ1v) is 7.34. The second-order valence-electron chi connectivity index (χ2n) is 5.56. The zero-order valence-corrected chi connectivity index (χ0v) is 12.2. The Bertz CT molecular complexity index is 654. The minimum atomic E-state index is -0.311. The number of rotatable bonds is 4. The van der Waals surface area contributed by atoms with Gasteiger partial charge in [0.2, 0.25) is 11.8 Å². The van der Waals surface area contributed by atoms with Gasteiger partial charge in [0.05, 0.1) is 12.1 Å². The highest BCUT2D eigenvalue weighted by atomic mass is 19.1. The Kier molecular flexibility index (Phi) is 4.20. The maximum atomic E-state index is 12.9. The number of aromatic nitrogens is 1. The molecule has 3 rings (SSSR count). The van der Waals surface area contributed by atoms with Crippen molar-refractivity contribution in [2.24, 2.45) is 11.7 Å². The highest BCUT2D eigenvalue weighted by Gasteiger charge is 2.25. The van der Waals surface area contributed by atoms with Crippen molar-refractivity contribution in [2.75, 3.05) is 19.6 Å². The fourth-order valence-electron chi connectivity index (χ4n) is 2.63. The average Bonchev–Trinajstić information content (AvgIpc) is 3.17. The van der Waals surface area contributed by atoms with E-state index in [2.05, 4.69) is 4.98 Å². The smallest absolute Gasteiger partial charge is 0.228 e. The van der Waals surface area contributed by atoms with Gasteiger partial charge in [0.15, 0.2) is 0 Å². The molecule has 116 valence electrons. The Hall–Kier alpha value is -2.21. The predicted molar refractivity (Wildman–Crippen MR) is 79.3 cm³/mol. The average molecular weight is 303 g/mol. The lowest BCUT2D eigenvalue weighted by atomic mass is 10.1. The molecule has 2 aromatic rings. The van der Waals surface area contributed by atoms with Crippen molar-refractivity contribution < 1.29 is 13.6 Å². The van der Waals surface area contributed by atoms with Crippen molar-refractivity contribution in [3.8, 4) is 11.5 Å². The van der Waals surface area contributed by atoms with Crippen LogP contribution in [0.15, 0.2) is 34.9 Å².